The molecule has 0 saturated carbocycles. The van der Waals surface area contributed by atoms with Crippen molar-refractivity contribution in [3.8, 4) is 5.75 Å². The molecule has 0 spiro atoms. The number of hydrogen-bond acceptors (Lipinski definition) is 10. The smallest absolute Gasteiger partial charge is 0.227 e. The Morgan fingerprint density at radius 3 is 2.47 bits per heavy atom. The fourth-order valence-corrected chi connectivity index (χ4v) is 5.50. The number of hydrogen-bond donors (Lipinski definition) is 5. The Bertz CT molecular complexity index is 1160. The summed E-state index contributed by atoms with van der Waals surface area (Å²) in [5.74, 6) is -7.24. The van der Waals surface area contributed by atoms with Gasteiger partial charge >= 0.3 is 0 Å². The van der Waals surface area contributed by atoms with E-state index in [9.17, 15) is 34.8 Å². The fourth-order valence-electron chi connectivity index (χ4n) is 5.50. The largest absolute Gasteiger partial charge is 0.508 e. The molecule has 2 aliphatic rings. The fraction of sp³-hybridized carbons (Fsp3) is 0.520. The number of carbonyl (C=O) groups excluding carboxylic acids is 3. The number of ketones is 2. The Kier molecular flexibility index (Phi) is 7.58. The summed E-state index contributed by atoms with van der Waals surface area (Å²) in [6.07, 6.45) is 0.204. The van der Waals surface area contributed by atoms with Gasteiger partial charge < -0.3 is 35.9 Å². The topological polar surface area (TPSA) is 183 Å². The molecule has 6 N–H and O–H groups in total. The number of Topliss-reactive ketones (excluding diaryl/α,β-unsaturated/α-hetero) is 2. The number of phenolic OH excluding ortho intramolecular Hbond substituents is 1. The molecule has 0 radical (unpaired) electrons. The molecule has 0 saturated heterocycles. The van der Waals surface area contributed by atoms with Gasteiger partial charge in [-0.15, -0.1) is 0 Å². The standard InChI is InChI=1S/C25H33N3O8/c1-11(24(26)34)22(32)25(35)16(17(10-29)28(3)4)9-13-8-15-14(12(2)27-36-5)6-7-18(30)20(15)21(31)19(13)23(25)33/h6-7,11,13,16-17,29-30,33,35H,8-10H2,1-5H3,(H2,26,34)/b27-12+/t11?,13-,16-,17+,25+/m0/s1. The van der Waals surface area contributed by atoms with Crippen LogP contribution in [0.4, 0.5) is 0 Å². The normalized spacial score (nSPS) is 25.8. The SMILES string of the molecule is CO/N=C(\C)c1ccc(O)c2c1C[C@H]1C[C@@H]([C@@H](CO)N(C)C)[C@@](O)(C(=O)C(C)C(N)=O)C(O)=C1C2=O. The van der Waals surface area contributed by atoms with Crippen LogP contribution in [0.15, 0.2) is 28.6 Å². The van der Waals surface area contributed by atoms with Crippen molar-refractivity contribution in [1.82, 2.24) is 4.90 Å². The van der Waals surface area contributed by atoms with Gasteiger partial charge in [0, 0.05) is 23.1 Å². The van der Waals surface area contributed by atoms with E-state index in [0.717, 1.165) is 0 Å². The number of aliphatic hydroxyl groups is 3. The van der Waals surface area contributed by atoms with Crippen LogP contribution in [0.1, 0.15) is 41.8 Å². The van der Waals surface area contributed by atoms with Crippen LogP contribution in [0.25, 0.3) is 0 Å². The highest BCUT2D eigenvalue weighted by molar-refractivity contribution is 6.16. The van der Waals surface area contributed by atoms with Gasteiger partial charge in [0.15, 0.2) is 17.2 Å². The number of phenols is 1. The van der Waals surface area contributed by atoms with Crippen molar-refractivity contribution < 1.29 is 39.6 Å². The Morgan fingerprint density at radius 2 is 1.94 bits per heavy atom. The first-order valence-electron chi connectivity index (χ1n) is 11.6. The number of oxime groups is 1. The minimum atomic E-state index is -2.66. The number of nitrogens with two attached hydrogens (primary N) is 1. The van der Waals surface area contributed by atoms with E-state index < -0.39 is 59.2 Å². The number of primary amides is 1. The van der Waals surface area contributed by atoms with Crippen molar-refractivity contribution in [3.05, 3.63) is 40.2 Å². The van der Waals surface area contributed by atoms with Gasteiger partial charge in [-0.05, 0) is 64.4 Å². The molecule has 3 rings (SSSR count). The Balaban J connectivity index is 2.30. The van der Waals surface area contributed by atoms with Gasteiger partial charge in [-0.25, -0.2) is 0 Å². The third-order valence-corrected chi connectivity index (χ3v) is 7.44. The molecular weight excluding hydrogens is 470 g/mol. The molecule has 11 nitrogen and oxygen atoms in total. The van der Waals surface area contributed by atoms with E-state index >= 15 is 0 Å². The van der Waals surface area contributed by atoms with Gasteiger partial charge in [0.1, 0.15) is 18.6 Å². The quantitative estimate of drug-likeness (QED) is 0.189. The van der Waals surface area contributed by atoms with E-state index in [2.05, 4.69) is 5.16 Å². The maximum atomic E-state index is 13.7. The molecule has 0 fully saturated rings. The number of likely N-dealkylation sites (N-methyl/N-ethyl adjacent to an activating group) is 1. The average molecular weight is 504 g/mol. The highest BCUT2D eigenvalue weighted by atomic mass is 16.6. The zero-order valence-corrected chi connectivity index (χ0v) is 21.0. The Morgan fingerprint density at radius 1 is 1.31 bits per heavy atom. The second kappa shape index (κ2) is 10.00. The molecular formula is C25H33N3O8. The molecule has 1 aromatic carbocycles. The highest BCUT2D eigenvalue weighted by Crippen LogP contribution is 2.49. The molecule has 196 valence electrons. The molecule has 11 heteroatoms. The van der Waals surface area contributed by atoms with E-state index in [4.69, 9.17) is 10.6 Å². The van der Waals surface area contributed by atoms with E-state index in [1.165, 1.54) is 20.1 Å². The first-order valence-corrected chi connectivity index (χ1v) is 11.6. The van der Waals surface area contributed by atoms with Crippen LogP contribution in [0.5, 0.6) is 5.75 Å². The predicted octanol–water partition coefficient (Wildman–Crippen LogP) is 0.294. The van der Waals surface area contributed by atoms with Crippen molar-refractivity contribution in [1.29, 1.82) is 0 Å². The number of carbonyl (C=O) groups is 3. The number of aromatic hydroxyl groups is 1. The summed E-state index contributed by atoms with van der Waals surface area (Å²) in [4.78, 5) is 45.4. The molecule has 2 aliphatic carbocycles. The zero-order chi connectivity index (χ0) is 27.1. The van der Waals surface area contributed by atoms with Gasteiger partial charge in [-0.1, -0.05) is 5.16 Å². The van der Waals surface area contributed by atoms with Gasteiger partial charge in [0.2, 0.25) is 5.91 Å². The number of allylic oxidation sites excluding steroid dienone is 1. The lowest BCUT2D eigenvalue weighted by atomic mass is 9.60. The molecule has 36 heavy (non-hydrogen) atoms. The maximum Gasteiger partial charge on any atom is 0.227 e. The van der Waals surface area contributed by atoms with Crippen LogP contribution >= 0.6 is 0 Å². The third kappa shape index (κ3) is 4.16. The van der Waals surface area contributed by atoms with Crippen LogP contribution in [-0.4, -0.2) is 88.0 Å². The highest BCUT2D eigenvalue weighted by Gasteiger charge is 2.59. The van der Waals surface area contributed by atoms with Crippen LogP contribution in [0.3, 0.4) is 0 Å². The summed E-state index contributed by atoms with van der Waals surface area (Å²) in [5, 5.41) is 47.8. The van der Waals surface area contributed by atoms with Crippen LogP contribution in [-0.2, 0) is 20.8 Å². The van der Waals surface area contributed by atoms with Crippen molar-refractivity contribution in [3.63, 3.8) is 0 Å². The first kappa shape index (κ1) is 27.3. The van der Waals surface area contributed by atoms with Gasteiger partial charge in [-0.3, -0.25) is 14.4 Å². The summed E-state index contributed by atoms with van der Waals surface area (Å²) in [6, 6.07) is 2.13. The van der Waals surface area contributed by atoms with E-state index in [-0.39, 0.29) is 29.7 Å². The number of benzene rings is 1. The van der Waals surface area contributed by atoms with Crippen molar-refractivity contribution in [2.75, 3.05) is 27.8 Å². The average Bonchev–Trinajstić information content (AvgIpc) is 2.81. The van der Waals surface area contributed by atoms with Crippen molar-refractivity contribution in [2.24, 2.45) is 28.6 Å². The summed E-state index contributed by atoms with van der Waals surface area (Å²) in [7, 11) is 4.66. The van der Waals surface area contributed by atoms with E-state index in [1.54, 1.807) is 32.0 Å². The molecule has 1 unspecified atom stereocenters. The van der Waals surface area contributed by atoms with Gasteiger partial charge in [0.25, 0.3) is 0 Å². The minimum absolute atomic E-state index is 0.0251. The molecule has 0 bridgehead atoms. The summed E-state index contributed by atoms with van der Waals surface area (Å²) in [5.41, 5.74) is 3.91. The van der Waals surface area contributed by atoms with Gasteiger partial charge in [-0.2, -0.15) is 0 Å². The summed E-state index contributed by atoms with van der Waals surface area (Å²) in [6.45, 7) is 2.43. The number of rotatable bonds is 8. The van der Waals surface area contributed by atoms with Crippen molar-refractivity contribution in [2.45, 2.75) is 38.3 Å². The molecule has 0 aliphatic heterocycles. The lowest BCUT2D eigenvalue weighted by molar-refractivity contribution is -0.155. The van der Waals surface area contributed by atoms with E-state index in [1.807, 2.05) is 0 Å². The van der Waals surface area contributed by atoms with Crippen LogP contribution in [0.2, 0.25) is 0 Å². The Hall–Kier alpha value is -3.28. The Labute approximate surface area is 208 Å². The molecule has 0 heterocycles. The van der Waals surface area contributed by atoms with E-state index in [0.29, 0.717) is 16.8 Å². The predicted molar refractivity (Wildman–Crippen MR) is 129 cm³/mol. The van der Waals surface area contributed by atoms with Crippen molar-refractivity contribution >= 4 is 23.2 Å². The van der Waals surface area contributed by atoms with Crippen LogP contribution < -0.4 is 5.73 Å². The third-order valence-electron chi connectivity index (χ3n) is 7.44. The first-order chi connectivity index (χ1) is 16.8. The monoisotopic (exact) mass is 503 g/mol. The number of amides is 1. The second-order valence-electron chi connectivity index (χ2n) is 9.65. The molecule has 0 aromatic heterocycles. The molecule has 1 amide bonds. The van der Waals surface area contributed by atoms with Gasteiger partial charge in [0.05, 0.1) is 23.8 Å². The lowest BCUT2D eigenvalue weighted by Gasteiger charge is -2.48. The molecule has 1 aromatic rings. The van der Waals surface area contributed by atoms with Crippen LogP contribution in [0, 0.1) is 17.8 Å². The number of nitrogens with zero attached hydrogens (tertiary/aromatic N) is 2. The summed E-state index contributed by atoms with van der Waals surface area (Å²) < 4.78 is 0. The lowest BCUT2D eigenvalue weighted by Crippen LogP contribution is -2.62. The second-order valence-corrected chi connectivity index (χ2v) is 9.65. The maximum absolute atomic E-state index is 13.7. The molecule has 5 atom stereocenters. The zero-order valence-electron chi connectivity index (χ0n) is 21.0. The summed E-state index contributed by atoms with van der Waals surface area (Å²) >= 11 is 0. The number of aliphatic hydroxyl groups excluding tert-OH is 2. The minimum Gasteiger partial charge on any atom is -0.508 e. The number of fused-ring (bicyclic) bond motifs is 2.